The number of tetrazole rings is 1. The van der Waals surface area contributed by atoms with E-state index in [1.165, 1.54) is 0 Å². The van der Waals surface area contributed by atoms with Crippen molar-refractivity contribution in [3.63, 3.8) is 0 Å². The molecule has 1 N–H and O–H groups in total. The van der Waals surface area contributed by atoms with Crippen molar-refractivity contribution in [1.82, 2.24) is 29.8 Å². The predicted octanol–water partition coefficient (Wildman–Crippen LogP) is -0.200. The number of aliphatic carboxylic acids is 1. The van der Waals surface area contributed by atoms with Crippen molar-refractivity contribution < 1.29 is 9.90 Å². The van der Waals surface area contributed by atoms with Gasteiger partial charge in [0.2, 0.25) is 5.16 Å². The molecule has 0 amide bonds. The first-order valence-corrected chi connectivity index (χ1v) is 6.70. The van der Waals surface area contributed by atoms with E-state index in [2.05, 4.69) is 20.5 Å². The van der Waals surface area contributed by atoms with Crippen molar-refractivity contribution in [1.29, 1.82) is 0 Å². The molecule has 0 aliphatic heterocycles. The lowest BCUT2D eigenvalue weighted by atomic mass is 10.6. The average molecular weight is 294 g/mol. The number of hydrogen-bond donors (Lipinski definition) is 1. The molecule has 1 aliphatic carbocycles. The first-order valence-electron chi connectivity index (χ1n) is 5.88. The standard InChI is InChI=1S/C10H10N6O3S/c17-7(18)5-16-10(12-13-14-16)20-8-9(19)15(4-3-11-8)6-1-2-6/h3-4,6H,1-2,5H2,(H,17,18). The second-order valence-corrected chi connectivity index (χ2v) is 5.25. The van der Waals surface area contributed by atoms with Gasteiger partial charge < -0.3 is 9.67 Å². The van der Waals surface area contributed by atoms with Gasteiger partial charge in [0.25, 0.3) is 5.56 Å². The third-order valence-corrected chi connectivity index (χ3v) is 3.70. The minimum Gasteiger partial charge on any atom is -0.480 e. The van der Waals surface area contributed by atoms with Gasteiger partial charge in [-0.3, -0.25) is 9.59 Å². The molecule has 0 atom stereocenters. The summed E-state index contributed by atoms with van der Waals surface area (Å²) in [4.78, 5) is 26.9. The van der Waals surface area contributed by atoms with Gasteiger partial charge in [0.05, 0.1) is 0 Å². The number of carbonyl (C=O) groups is 1. The molecule has 20 heavy (non-hydrogen) atoms. The van der Waals surface area contributed by atoms with Crippen LogP contribution >= 0.6 is 11.8 Å². The summed E-state index contributed by atoms with van der Waals surface area (Å²) in [6, 6.07) is 0.250. The van der Waals surface area contributed by atoms with Gasteiger partial charge in [-0.25, -0.2) is 9.67 Å². The van der Waals surface area contributed by atoms with Crippen molar-refractivity contribution in [2.24, 2.45) is 0 Å². The van der Waals surface area contributed by atoms with Gasteiger partial charge in [0.1, 0.15) is 6.54 Å². The van der Waals surface area contributed by atoms with Crippen LogP contribution in [-0.2, 0) is 11.3 Å². The van der Waals surface area contributed by atoms with E-state index in [0.717, 1.165) is 29.3 Å². The molecule has 0 aromatic carbocycles. The Bertz CT molecular complexity index is 707. The lowest BCUT2D eigenvalue weighted by molar-refractivity contribution is -0.138. The summed E-state index contributed by atoms with van der Waals surface area (Å²) in [5.41, 5.74) is -0.204. The summed E-state index contributed by atoms with van der Waals surface area (Å²) < 4.78 is 2.75. The molecule has 1 saturated carbocycles. The first-order chi connectivity index (χ1) is 9.65. The molecule has 1 fully saturated rings. The van der Waals surface area contributed by atoms with Gasteiger partial charge in [0, 0.05) is 18.4 Å². The Morgan fingerprint density at radius 1 is 1.50 bits per heavy atom. The van der Waals surface area contributed by atoms with Crippen LogP contribution < -0.4 is 5.56 Å². The van der Waals surface area contributed by atoms with E-state index in [0.29, 0.717) is 0 Å². The lowest BCUT2D eigenvalue weighted by Gasteiger charge is -2.04. The van der Waals surface area contributed by atoms with Crippen LogP contribution in [0.5, 0.6) is 0 Å². The van der Waals surface area contributed by atoms with Gasteiger partial charge in [-0.05, 0) is 35.0 Å². The molecule has 104 valence electrons. The number of carboxylic acids is 1. The summed E-state index contributed by atoms with van der Waals surface area (Å²) in [6.07, 6.45) is 5.19. The number of carboxylic acid groups (broad SMARTS) is 1. The van der Waals surface area contributed by atoms with Crippen LogP contribution in [0.3, 0.4) is 0 Å². The molecule has 1 aliphatic rings. The number of aromatic nitrogens is 6. The highest BCUT2D eigenvalue weighted by Crippen LogP contribution is 2.33. The van der Waals surface area contributed by atoms with Crippen molar-refractivity contribution in [3.05, 3.63) is 22.7 Å². The van der Waals surface area contributed by atoms with E-state index >= 15 is 0 Å². The molecule has 0 spiro atoms. The summed E-state index contributed by atoms with van der Waals surface area (Å²) in [5, 5.41) is 19.9. The second-order valence-electron chi connectivity index (χ2n) is 4.29. The van der Waals surface area contributed by atoms with Crippen LogP contribution in [-0.4, -0.2) is 40.8 Å². The third-order valence-electron chi connectivity index (χ3n) is 2.75. The topological polar surface area (TPSA) is 116 Å². The zero-order chi connectivity index (χ0) is 14.1. The zero-order valence-corrected chi connectivity index (χ0v) is 11.0. The Balaban J connectivity index is 1.88. The van der Waals surface area contributed by atoms with Gasteiger partial charge >= 0.3 is 5.97 Å². The van der Waals surface area contributed by atoms with E-state index in [-0.39, 0.29) is 28.3 Å². The van der Waals surface area contributed by atoms with Gasteiger partial charge in [-0.2, -0.15) is 0 Å². The van der Waals surface area contributed by atoms with Crippen molar-refractivity contribution in [2.45, 2.75) is 35.6 Å². The Morgan fingerprint density at radius 2 is 2.30 bits per heavy atom. The number of nitrogens with zero attached hydrogens (tertiary/aromatic N) is 6. The van der Waals surface area contributed by atoms with Crippen molar-refractivity contribution in [3.8, 4) is 0 Å². The fourth-order valence-electron chi connectivity index (χ4n) is 1.70. The number of rotatable bonds is 5. The molecular formula is C10H10N6O3S. The van der Waals surface area contributed by atoms with Gasteiger partial charge in [-0.15, -0.1) is 5.10 Å². The molecular weight excluding hydrogens is 284 g/mol. The minimum atomic E-state index is -1.06. The highest BCUT2D eigenvalue weighted by molar-refractivity contribution is 7.99. The summed E-state index contributed by atoms with van der Waals surface area (Å²) >= 11 is 0.968. The number of hydrogen-bond acceptors (Lipinski definition) is 7. The molecule has 2 aromatic rings. The van der Waals surface area contributed by atoms with E-state index < -0.39 is 5.97 Å². The Morgan fingerprint density at radius 3 is 3.00 bits per heavy atom. The Kier molecular flexibility index (Phi) is 3.22. The summed E-state index contributed by atoms with van der Waals surface area (Å²) in [7, 11) is 0. The lowest BCUT2D eigenvalue weighted by Crippen LogP contribution is -2.21. The Hall–Kier alpha value is -2.23. The maximum atomic E-state index is 12.2. The highest BCUT2D eigenvalue weighted by atomic mass is 32.2. The monoisotopic (exact) mass is 294 g/mol. The maximum absolute atomic E-state index is 12.2. The molecule has 10 heteroatoms. The molecule has 2 heterocycles. The molecule has 0 radical (unpaired) electrons. The molecule has 9 nitrogen and oxygen atoms in total. The summed E-state index contributed by atoms with van der Waals surface area (Å²) in [6.45, 7) is -0.362. The Labute approximate surface area is 116 Å². The normalized spacial score (nSPS) is 14.4. The van der Waals surface area contributed by atoms with E-state index in [9.17, 15) is 9.59 Å². The maximum Gasteiger partial charge on any atom is 0.325 e. The third kappa shape index (κ3) is 2.54. The average Bonchev–Trinajstić information content (AvgIpc) is 3.15. The zero-order valence-electron chi connectivity index (χ0n) is 10.2. The first kappa shape index (κ1) is 12.8. The van der Waals surface area contributed by atoms with Crippen LogP contribution in [0.2, 0.25) is 0 Å². The summed E-state index contributed by atoms with van der Waals surface area (Å²) in [5.74, 6) is -1.06. The van der Waals surface area contributed by atoms with Crippen LogP contribution in [0.25, 0.3) is 0 Å². The SMILES string of the molecule is O=C(O)Cn1nnnc1Sc1nccn(C2CC2)c1=O. The molecule has 3 rings (SSSR count). The van der Waals surface area contributed by atoms with Crippen LogP contribution in [0, 0.1) is 0 Å². The largest absolute Gasteiger partial charge is 0.480 e. The molecule has 0 bridgehead atoms. The molecule has 0 unspecified atom stereocenters. The van der Waals surface area contributed by atoms with Gasteiger partial charge in [0.15, 0.2) is 5.03 Å². The van der Waals surface area contributed by atoms with Crippen LogP contribution in [0.15, 0.2) is 27.4 Å². The van der Waals surface area contributed by atoms with E-state index in [1.54, 1.807) is 17.0 Å². The van der Waals surface area contributed by atoms with Crippen molar-refractivity contribution in [2.75, 3.05) is 0 Å². The smallest absolute Gasteiger partial charge is 0.325 e. The molecule has 2 aromatic heterocycles. The predicted molar refractivity (Wildman–Crippen MR) is 66.3 cm³/mol. The van der Waals surface area contributed by atoms with E-state index in [4.69, 9.17) is 5.11 Å². The second kappa shape index (κ2) is 5.04. The minimum absolute atomic E-state index is 0.204. The highest BCUT2D eigenvalue weighted by Gasteiger charge is 2.25. The van der Waals surface area contributed by atoms with Gasteiger partial charge in [-0.1, -0.05) is 0 Å². The van der Waals surface area contributed by atoms with Crippen molar-refractivity contribution >= 4 is 17.7 Å². The fourth-order valence-corrected chi connectivity index (χ4v) is 2.46. The van der Waals surface area contributed by atoms with Crippen LogP contribution in [0.4, 0.5) is 0 Å². The van der Waals surface area contributed by atoms with Crippen LogP contribution in [0.1, 0.15) is 18.9 Å². The molecule has 0 saturated heterocycles. The van der Waals surface area contributed by atoms with E-state index in [1.807, 2.05) is 0 Å². The quantitative estimate of drug-likeness (QED) is 0.806. The fraction of sp³-hybridized carbons (Fsp3) is 0.400.